The summed E-state index contributed by atoms with van der Waals surface area (Å²) in [5.74, 6) is 0. The number of nitrogens with one attached hydrogen (secondary N) is 1. The number of H-pyrrole nitrogens is 1. The van der Waals surface area contributed by atoms with Gasteiger partial charge < -0.3 is 0 Å². The third kappa shape index (κ3) is 1.81. The van der Waals surface area contributed by atoms with Crippen molar-refractivity contribution in [1.29, 1.82) is 0 Å². The predicted octanol–water partition coefficient (Wildman–Crippen LogP) is 2.34. The number of benzene rings is 1. The van der Waals surface area contributed by atoms with Crippen LogP contribution in [0.3, 0.4) is 0 Å². The van der Waals surface area contributed by atoms with Crippen LogP contribution in [0.4, 0.5) is 0 Å². The monoisotopic (exact) mass is 216 g/mol. The van der Waals surface area contributed by atoms with Crippen LogP contribution in [0.5, 0.6) is 0 Å². The molecule has 1 aromatic carbocycles. The summed E-state index contributed by atoms with van der Waals surface area (Å²) in [6.45, 7) is 6.06. The van der Waals surface area contributed by atoms with Gasteiger partial charge in [0.05, 0.1) is 5.69 Å². The molecule has 0 radical (unpaired) electrons. The number of aromatic nitrogens is 2. The molecule has 3 nitrogen and oxygen atoms in total. The van der Waals surface area contributed by atoms with Crippen LogP contribution in [0.1, 0.15) is 23.7 Å². The van der Waals surface area contributed by atoms with Gasteiger partial charge in [-0.1, -0.05) is 19.1 Å². The Morgan fingerprint density at radius 2 is 2.00 bits per heavy atom. The van der Waals surface area contributed by atoms with E-state index in [-0.39, 0.29) is 5.56 Å². The second-order valence-electron chi connectivity index (χ2n) is 4.10. The van der Waals surface area contributed by atoms with Gasteiger partial charge in [-0.2, -0.15) is 0 Å². The first-order valence-electron chi connectivity index (χ1n) is 5.50. The normalized spacial score (nSPS) is 10.7. The van der Waals surface area contributed by atoms with Gasteiger partial charge in [-0.05, 0) is 37.5 Å². The minimum atomic E-state index is 0.00514. The average Bonchev–Trinajstić information content (AvgIpc) is 2.63. The van der Waals surface area contributed by atoms with Crippen molar-refractivity contribution in [3.05, 3.63) is 51.4 Å². The molecule has 0 saturated heterocycles. The first kappa shape index (κ1) is 10.7. The zero-order valence-corrected chi connectivity index (χ0v) is 9.87. The minimum Gasteiger partial charge on any atom is -0.295 e. The fraction of sp³-hybridized carbons (Fsp3) is 0.308. The molecule has 0 amide bonds. The minimum absolute atomic E-state index is 0.00514. The van der Waals surface area contributed by atoms with E-state index in [0.29, 0.717) is 0 Å². The Morgan fingerprint density at radius 3 is 2.62 bits per heavy atom. The number of aryl methyl sites for hydroxylation is 3. The largest absolute Gasteiger partial charge is 0.295 e. The molecule has 1 aromatic heterocycles. The van der Waals surface area contributed by atoms with Crippen molar-refractivity contribution in [2.45, 2.75) is 27.2 Å². The van der Waals surface area contributed by atoms with Crippen LogP contribution in [0, 0.1) is 13.8 Å². The molecular weight excluding hydrogens is 200 g/mol. The zero-order valence-electron chi connectivity index (χ0n) is 9.87. The lowest BCUT2D eigenvalue weighted by Gasteiger charge is -2.07. The van der Waals surface area contributed by atoms with Gasteiger partial charge in [-0.15, -0.1) is 0 Å². The summed E-state index contributed by atoms with van der Waals surface area (Å²) in [6.07, 6.45) is 0.840. The van der Waals surface area contributed by atoms with Crippen LogP contribution < -0.4 is 5.56 Å². The van der Waals surface area contributed by atoms with E-state index in [1.807, 2.05) is 39.0 Å². The van der Waals surface area contributed by atoms with E-state index in [4.69, 9.17) is 0 Å². The quantitative estimate of drug-likeness (QED) is 0.822. The Labute approximate surface area is 94.7 Å². The van der Waals surface area contributed by atoms with E-state index in [0.717, 1.165) is 28.9 Å². The second kappa shape index (κ2) is 4.00. The number of hydrogen-bond acceptors (Lipinski definition) is 1. The van der Waals surface area contributed by atoms with Gasteiger partial charge >= 0.3 is 0 Å². The van der Waals surface area contributed by atoms with Crippen LogP contribution in [0.25, 0.3) is 5.69 Å². The molecule has 0 aliphatic carbocycles. The van der Waals surface area contributed by atoms with Crippen molar-refractivity contribution in [2.24, 2.45) is 0 Å². The lowest BCUT2D eigenvalue weighted by Crippen LogP contribution is -2.14. The number of aromatic amines is 1. The highest BCUT2D eigenvalue weighted by atomic mass is 16.1. The standard InChI is InChI=1S/C13H16N2O/c1-4-11-8-13(16)15(14-11)12-7-9(2)5-6-10(12)3/h5-8,14H,4H2,1-3H3. The molecule has 0 fully saturated rings. The molecule has 0 saturated carbocycles. The van der Waals surface area contributed by atoms with Gasteiger partial charge in [0.25, 0.3) is 5.56 Å². The lowest BCUT2D eigenvalue weighted by atomic mass is 10.1. The number of rotatable bonds is 2. The van der Waals surface area contributed by atoms with Crippen LogP contribution in [0.15, 0.2) is 29.1 Å². The van der Waals surface area contributed by atoms with E-state index in [1.54, 1.807) is 10.7 Å². The van der Waals surface area contributed by atoms with Crippen LogP contribution in [-0.2, 0) is 6.42 Å². The van der Waals surface area contributed by atoms with E-state index in [2.05, 4.69) is 5.10 Å². The Balaban J connectivity index is 2.62. The molecule has 0 bridgehead atoms. The summed E-state index contributed by atoms with van der Waals surface area (Å²) in [5.41, 5.74) is 4.15. The molecular formula is C13H16N2O. The fourth-order valence-electron chi connectivity index (χ4n) is 1.76. The molecule has 3 heteroatoms. The average molecular weight is 216 g/mol. The van der Waals surface area contributed by atoms with Gasteiger partial charge in [0.15, 0.2) is 0 Å². The first-order chi connectivity index (χ1) is 7.61. The molecule has 2 rings (SSSR count). The molecule has 84 valence electrons. The van der Waals surface area contributed by atoms with Crippen molar-refractivity contribution < 1.29 is 0 Å². The topological polar surface area (TPSA) is 37.8 Å². The Hall–Kier alpha value is -1.77. The fourth-order valence-corrected chi connectivity index (χ4v) is 1.76. The van der Waals surface area contributed by atoms with Gasteiger partial charge in [-0.3, -0.25) is 9.89 Å². The molecule has 16 heavy (non-hydrogen) atoms. The van der Waals surface area contributed by atoms with Crippen molar-refractivity contribution in [2.75, 3.05) is 0 Å². The van der Waals surface area contributed by atoms with E-state index < -0.39 is 0 Å². The van der Waals surface area contributed by atoms with Crippen molar-refractivity contribution in [1.82, 2.24) is 9.78 Å². The first-order valence-corrected chi connectivity index (χ1v) is 5.50. The predicted molar refractivity (Wildman–Crippen MR) is 65.2 cm³/mol. The second-order valence-corrected chi connectivity index (χ2v) is 4.10. The summed E-state index contributed by atoms with van der Waals surface area (Å²) >= 11 is 0. The maximum Gasteiger partial charge on any atom is 0.271 e. The maximum absolute atomic E-state index is 11.8. The Bertz CT molecular complexity index is 564. The third-order valence-electron chi connectivity index (χ3n) is 2.76. The summed E-state index contributed by atoms with van der Waals surface area (Å²) in [4.78, 5) is 11.8. The number of nitrogens with zero attached hydrogens (tertiary/aromatic N) is 1. The molecule has 2 aromatic rings. The smallest absolute Gasteiger partial charge is 0.271 e. The SMILES string of the molecule is CCc1cc(=O)n(-c2cc(C)ccc2C)[nH]1. The molecule has 1 N–H and O–H groups in total. The van der Waals surface area contributed by atoms with E-state index in [9.17, 15) is 4.79 Å². The summed E-state index contributed by atoms with van der Waals surface area (Å²) < 4.78 is 1.61. The van der Waals surface area contributed by atoms with E-state index in [1.165, 1.54) is 0 Å². The van der Waals surface area contributed by atoms with Crippen LogP contribution in [-0.4, -0.2) is 9.78 Å². The molecule has 0 spiro atoms. The van der Waals surface area contributed by atoms with Crippen LogP contribution in [0.2, 0.25) is 0 Å². The molecule has 0 aliphatic heterocycles. The van der Waals surface area contributed by atoms with Gasteiger partial charge in [0.1, 0.15) is 0 Å². The maximum atomic E-state index is 11.8. The van der Waals surface area contributed by atoms with Gasteiger partial charge in [-0.25, -0.2) is 4.68 Å². The molecule has 1 heterocycles. The lowest BCUT2D eigenvalue weighted by molar-refractivity contribution is 0.813. The molecule has 0 atom stereocenters. The highest BCUT2D eigenvalue weighted by Crippen LogP contribution is 2.13. The molecule has 0 aliphatic rings. The Morgan fingerprint density at radius 1 is 1.25 bits per heavy atom. The van der Waals surface area contributed by atoms with Crippen molar-refractivity contribution in [3.8, 4) is 5.69 Å². The van der Waals surface area contributed by atoms with E-state index >= 15 is 0 Å². The molecule has 0 unspecified atom stereocenters. The Kier molecular flexibility index (Phi) is 2.69. The third-order valence-corrected chi connectivity index (χ3v) is 2.76. The van der Waals surface area contributed by atoms with Crippen LogP contribution >= 0.6 is 0 Å². The highest BCUT2D eigenvalue weighted by Gasteiger charge is 2.06. The summed E-state index contributed by atoms with van der Waals surface area (Å²) in [7, 11) is 0. The highest BCUT2D eigenvalue weighted by molar-refractivity contribution is 5.42. The summed E-state index contributed by atoms with van der Waals surface area (Å²) in [6, 6.07) is 7.76. The van der Waals surface area contributed by atoms with Crippen molar-refractivity contribution >= 4 is 0 Å². The number of hydrogen-bond donors (Lipinski definition) is 1. The van der Waals surface area contributed by atoms with Gasteiger partial charge in [0.2, 0.25) is 0 Å². The van der Waals surface area contributed by atoms with Crippen molar-refractivity contribution in [3.63, 3.8) is 0 Å². The van der Waals surface area contributed by atoms with Gasteiger partial charge in [0, 0.05) is 11.8 Å². The summed E-state index contributed by atoms with van der Waals surface area (Å²) in [5, 5.41) is 3.12. The zero-order chi connectivity index (χ0) is 11.7.